The molecule has 0 saturated heterocycles. The fourth-order valence-corrected chi connectivity index (χ4v) is 8.46. The fourth-order valence-electron chi connectivity index (χ4n) is 8.46. The van der Waals surface area contributed by atoms with Crippen LogP contribution in [0.25, 0.3) is 0 Å². The third kappa shape index (κ3) is 4.36. The van der Waals surface area contributed by atoms with Gasteiger partial charge in [-0.05, 0) is 73.8 Å². The summed E-state index contributed by atoms with van der Waals surface area (Å²) in [5, 5.41) is 0. The Hall–Kier alpha value is -2.67. The van der Waals surface area contributed by atoms with Crippen LogP contribution in [-0.2, 0) is 26.5 Å². The first-order valence-corrected chi connectivity index (χ1v) is 15.7. The Kier molecular flexibility index (Phi) is 6.85. The number of hydrogen-bond acceptors (Lipinski definition) is 1. The van der Waals surface area contributed by atoms with Crippen molar-refractivity contribution in [2.24, 2.45) is 16.7 Å². The predicted octanol–water partition coefficient (Wildman–Crippen LogP) is 10.3. The summed E-state index contributed by atoms with van der Waals surface area (Å²) < 4.78 is 0. The molecule has 3 aromatic rings. The number of hydrogen-bond donors (Lipinski definition) is 0. The molecule has 2 unspecified atom stereocenters. The average molecular weight is 549 g/mol. The Bertz CT molecular complexity index is 1270. The van der Waals surface area contributed by atoms with Crippen molar-refractivity contribution in [1.29, 1.82) is 0 Å². The predicted molar refractivity (Wildman–Crippen MR) is 174 cm³/mol. The molecule has 2 aliphatic carbocycles. The summed E-state index contributed by atoms with van der Waals surface area (Å²) in [6.45, 7) is 25.2. The van der Waals surface area contributed by atoms with Gasteiger partial charge < -0.3 is 0 Å². The van der Waals surface area contributed by atoms with Crippen molar-refractivity contribution >= 4 is 5.78 Å². The van der Waals surface area contributed by atoms with Crippen LogP contribution in [0.1, 0.15) is 129 Å². The highest BCUT2D eigenvalue weighted by Crippen LogP contribution is 2.73. The summed E-state index contributed by atoms with van der Waals surface area (Å²) in [4.78, 5) is 14.6. The number of rotatable bonds is 4. The molecule has 2 bridgehead atoms. The van der Waals surface area contributed by atoms with Crippen LogP contribution in [0.4, 0.5) is 0 Å². The highest BCUT2D eigenvalue weighted by Gasteiger charge is 2.73. The summed E-state index contributed by atoms with van der Waals surface area (Å²) in [5.41, 5.74) is 6.60. The van der Waals surface area contributed by atoms with Crippen molar-refractivity contribution in [3.05, 3.63) is 106 Å². The van der Waals surface area contributed by atoms with E-state index in [0.29, 0.717) is 18.1 Å². The van der Waals surface area contributed by atoms with Gasteiger partial charge in [0.05, 0.1) is 10.8 Å². The molecule has 2 atom stereocenters. The van der Waals surface area contributed by atoms with Gasteiger partial charge in [0.1, 0.15) is 5.78 Å². The first kappa shape index (κ1) is 29.8. The second-order valence-corrected chi connectivity index (χ2v) is 16.7. The number of carbonyl (C=O) groups excluding carboxylic acids is 1. The Morgan fingerprint density at radius 1 is 0.537 bits per heavy atom. The molecule has 3 aromatic carbocycles. The van der Waals surface area contributed by atoms with Gasteiger partial charge in [0.15, 0.2) is 0 Å². The summed E-state index contributed by atoms with van der Waals surface area (Å²) in [6, 6.07) is 28.0. The number of fused-ring (bicyclic) bond motifs is 2. The maximum Gasteiger partial charge on any atom is 0.141 e. The molecule has 1 nitrogen and oxygen atoms in total. The minimum Gasteiger partial charge on any atom is -0.299 e. The van der Waals surface area contributed by atoms with Gasteiger partial charge in [-0.25, -0.2) is 0 Å². The lowest BCUT2D eigenvalue weighted by atomic mass is 9.46. The van der Waals surface area contributed by atoms with Crippen LogP contribution >= 0.6 is 0 Å². The van der Waals surface area contributed by atoms with Gasteiger partial charge in [0, 0.05) is 6.42 Å². The molecule has 0 spiro atoms. The zero-order valence-corrected chi connectivity index (χ0v) is 27.5. The van der Waals surface area contributed by atoms with E-state index in [1.54, 1.807) is 0 Å². The van der Waals surface area contributed by atoms with Crippen LogP contribution in [-0.4, -0.2) is 5.78 Å². The molecule has 1 heteroatoms. The van der Waals surface area contributed by atoms with Crippen LogP contribution < -0.4 is 0 Å². The van der Waals surface area contributed by atoms with Crippen LogP contribution in [0, 0.1) is 16.7 Å². The summed E-state index contributed by atoms with van der Waals surface area (Å²) >= 11 is 0. The minimum absolute atomic E-state index is 0.0586. The maximum atomic E-state index is 14.6. The largest absolute Gasteiger partial charge is 0.299 e. The van der Waals surface area contributed by atoms with E-state index >= 15 is 0 Å². The average Bonchev–Trinajstić information content (AvgIpc) is 3.25. The van der Waals surface area contributed by atoms with Crippen LogP contribution in [0.3, 0.4) is 0 Å². The smallest absolute Gasteiger partial charge is 0.141 e. The molecule has 41 heavy (non-hydrogen) atoms. The van der Waals surface area contributed by atoms with Gasteiger partial charge in [0.25, 0.3) is 0 Å². The van der Waals surface area contributed by atoms with Crippen molar-refractivity contribution in [3.63, 3.8) is 0 Å². The first-order chi connectivity index (χ1) is 18.9. The van der Waals surface area contributed by atoms with E-state index in [0.717, 1.165) is 12.8 Å². The van der Waals surface area contributed by atoms with Crippen molar-refractivity contribution in [1.82, 2.24) is 0 Å². The van der Waals surface area contributed by atoms with E-state index in [-0.39, 0.29) is 21.7 Å². The molecule has 218 valence electrons. The fraction of sp³-hybridized carbons (Fsp3) is 0.525. The Labute approximate surface area is 250 Å². The first-order valence-electron chi connectivity index (χ1n) is 15.7. The lowest BCUT2D eigenvalue weighted by Gasteiger charge is -2.54. The van der Waals surface area contributed by atoms with Crippen LogP contribution in [0.2, 0.25) is 0 Å². The number of Topliss-reactive ketones (excluding diaryl/α,β-unsaturated/α-hetero) is 1. The molecule has 0 heterocycles. The molecule has 0 N–H and O–H groups in total. The standard InChI is InChI=1S/C40H52O/c1-35(2,3)27-12-18-30(19-13-27)40(31-20-14-28(15-21-31)36(4,5)6,32-22-16-29(17-23-32)37(7,8)9)39-25-24-33(26-34(39)41)38(39,10)11/h12-23,33H,24-26H2,1-11H3. The van der Waals surface area contributed by atoms with Crippen molar-refractivity contribution < 1.29 is 4.79 Å². The molecular weight excluding hydrogens is 496 g/mol. The Balaban J connectivity index is 1.90. The maximum absolute atomic E-state index is 14.6. The quantitative estimate of drug-likeness (QED) is 0.296. The SMILES string of the molecule is CC(C)(C)c1ccc(C(c2ccc(C(C)(C)C)cc2)(c2ccc(C(C)(C)C)cc2)C23CCC(CC2=O)C3(C)C)cc1. The Morgan fingerprint density at radius 3 is 1.05 bits per heavy atom. The molecule has 0 aliphatic heterocycles. The van der Waals surface area contributed by atoms with E-state index in [4.69, 9.17) is 0 Å². The number of benzene rings is 3. The van der Waals surface area contributed by atoms with E-state index in [2.05, 4.69) is 149 Å². The van der Waals surface area contributed by atoms with Crippen molar-refractivity contribution in [3.8, 4) is 0 Å². The monoisotopic (exact) mass is 548 g/mol. The summed E-state index contributed by atoms with van der Waals surface area (Å²) in [5.74, 6) is 0.865. The van der Waals surface area contributed by atoms with Gasteiger partial charge in [-0.2, -0.15) is 0 Å². The lowest BCUT2D eigenvalue weighted by molar-refractivity contribution is -0.132. The third-order valence-corrected chi connectivity index (χ3v) is 11.1. The summed E-state index contributed by atoms with van der Waals surface area (Å²) in [6.07, 6.45) is 2.72. The van der Waals surface area contributed by atoms with Crippen molar-refractivity contribution in [2.75, 3.05) is 0 Å². The molecule has 0 amide bonds. The zero-order valence-electron chi connectivity index (χ0n) is 27.5. The minimum atomic E-state index is -0.595. The highest BCUT2D eigenvalue weighted by atomic mass is 16.1. The Morgan fingerprint density at radius 2 is 0.829 bits per heavy atom. The second kappa shape index (κ2) is 9.42. The van der Waals surface area contributed by atoms with Gasteiger partial charge in [0.2, 0.25) is 0 Å². The molecule has 2 fully saturated rings. The zero-order chi connectivity index (χ0) is 30.2. The van der Waals surface area contributed by atoms with E-state index in [1.807, 2.05) is 0 Å². The lowest BCUT2D eigenvalue weighted by Crippen LogP contribution is -2.55. The van der Waals surface area contributed by atoms with Gasteiger partial charge in [-0.1, -0.05) is 149 Å². The van der Waals surface area contributed by atoms with Crippen molar-refractivity contribution in [2.45, 2.75) is 117 Å². The summed E-state index contributed by atoms with van der Waals surface area (Å²) in [7, 11) is 0. The molecule has 2 aliphatic rings. The third-order valence-electron chi connectivity index (χ3n) is 11.1. The molecule has 0 aromatic heterocycles. The highest BCUT2D eigenvalue weighted by molar-refractivity contribution is 5.93. The number of carbonyl (C=O) groups is 1. The van der Waals surface area contributed by atoms with Gasteiger partial charge in [-0.15, -0.1) is 0 Å². The molecule has 0 radical (unpaired) electrons. The van der Waals surface area contributed by atoms with Crippen LogP contribution in [0.5, 0.6) is 0 Å². The van der Waals surface area contributed by atoms with E-state index < -0.39 is 10.8 Å². The number of ketones is 1. The van der Waals surface area contributed by atoms with Gasteiger partial charge >= 0.3 is 0 Å². The molecule has 2 saturated carbocycles. The van der Waals surface area contributed by atoms with Gasteiger partial charge in [-0.3, -0.25) is 4.79 Å². The van der Waals surface area contributed by atoms with E-state index in [9.17, 15) is 4.79 Å². The molecule has 5 rings (SSSR count). The second-order valence-electron chi connectivity index (χ2n) is 16.7. The van der Waals surface area contributed by atoms with E-state index in [1.165, 1.54) is 33.4 Å². The topological polar surface area (TPSA) is 17.1 Å². The normalized spacial score (nSPS) is 22.8. The van der Waals surface area contributed by atoms with Crippen LogP contribution in [0.15, 0.2) is 72.8 Å². The molecular formula is C40H52O.